The zero-order valence-corrected chi connectivity index (χ0v) is 19.2. The van der Waals surface area contributed by atoms with Crippen molar-refractivity contribution in [1.29, 1.82) is 0 Å². The average Bonchev–Trinajstić information content (AvgIpc) is 2.55. The van der Waals surface area contributed by atoms with E-state index >= 15 is 0 Å². The van der Waals surface area contributed by atoms with Crippen molar-refractivity contribution in [2.24, 2.45) is 0 Å². The van der Waals surface area contributed by atoms with E-state index in [0.29, 0.717) is 0 Å². The van der Waals surface area contributed by atoms with Crippen LogP contribution in [0.1, 0.15) is 58.3 Å². The van der Waals surface area contributed by atoms with E-state index in [1.807, 2.05) is 0 Å². The van der Waals surface area contributed by atoms with Crippen molar-refractivity contribution in [3.8, 4) is 0 Å². The van der Waals surface area contributed by atoms with Gasteiger partial charge in [0.2, 0.25) is 0 Å². The lowest BCUT2D eigenvalue weighted by Gasteiger charge is -2.49. The number of unbranched alkanes of at least 4 members (excludes halogenated alkanes) is 5. The Hall–Kier alpha value is 0.0200. The van der Waals surface area contributed by atoms with E-state index in [0.717, 1.165) is 13.1 Å². The summed E-state index contributed by atoms with van der Waals surface area (Å²) in [6.45, 7) is 4.27. The van der Waals surface area contributed by atoms with Gasteiger partial charge in [-0.05, 0) is 53.0 Å². The monoisotopic (exact) mass is 475 g/mol. The van der Waals surface area contributed by atoms with Crippen LogP contribution >= 0.6 is 15.2 Å². The summed E-state index contributed by atoms with van der Waals surface area (Å²) in [5.74, 6) is 0. The molecule has 0 bridgehead atoms. The Morgan fingerprint density at radius 3 is 1.28 bits per heavy atom. The molecule has 0 heterocycles. The van der Waals surface area contributed by atoms with Gasteiger partial charge in [-0.1, -0.05) is 12.8 Å². The first-order chi connectivity index (χ1) is 12.4. The van der Waals surface area contributed by atoms with Gasteiger partial charge in [-0.25, -0.2) is 0 Å². The van der Waals surface area contributed by atoms with Crippen LogP contribution in [0.25, 0.3) is 0 Å². The molecule has 1 unspecified atom stereocenters. The fraction of sp³-hybridized carbons (Fsp3) is 1.00. The lowest BCUT2D eigenvalue weighted by atomic mass is 10.1. The maximum absolute atomic E-state index is 10.5. The van der Waals surface area contributed by atoms with Gasteiger partial charge in [0.1, 0.15) is 0 Å². The van der Waals surface area contributed by atoms with Crippen LogP contribution in [-0.4, -0.2) is 57.4 Å². The van der Waals surface area contributed by atoms with E-state index in [1.54, 1.807) is 6.92 Å². The molecule has 0 aliphatic heterocycles. The molecule has 0 aromatic carbocycles. The Balaban J connectivity index is -0.000000113. The predicted octanol–water partition coefficient (Wildman–Crippen LogP) is -5.73. The smallest absolute Gasteiger partial charge is 0.168 e. The van der Waals surface area contributed by atoms with Crippen LogP contribution in [0.2, 0.25) is 0 Å². The molecule has 0 rings (SSSR count). The standard InChI is InChI=1S/C8H20N2.C4H13NO7P2.C2H6O.2H2O/c9-7-5-3-1-2-4-6-8-10;5-3-1-2-4(6,13(7,8)9)14(10,11)12;1-2-3;;/h1-10H2;6H,1-3,5H2,(H2,7,8,9)(H2,10,11,12);3H,2H2,1H3;2*1H2. The topological polar surface area (TPSA) is 310 Å². The van der Waals surface area contributed by atoms with Crippen LogP contribution in [0.4, 0.5) is 0 Å². The van der Waals surface area contributed by atoms with Gasteiger partial charge < -0.3 is 67.1 Å². The molecule has 184 valence electrons. The lowest BCUT2D eigenvalue weighted by Crippen LogP contribution is -2.51. The number of hydrogen-bond acceptors (Lipinski definition) is 7. The minimum absolute atomic E-state index is 0. The quantitative estimate of drug-likeness (QED) is 0.116. The van der Waals surface area contributed by atoms with Crippen LogP contribution in [0, 0.1) is 0 Å². The Bertz CT molecular complexity index is 390. The predicted molar refractivity (Wildman–Crippen MR) is 103 cm³/mol. The number of hydrogen-bond donors (Lipinski definition) is 6. The van der Waals surface area contributed by atoms with Crippen LogP contribution in [0.15, 0.2) is 0 Å². The molecule has 0 radical (unpaired) electrons. The number of aliphatic hydroxyl groups excluding tert-OH is 1. The van der Waals surface area contributed by atoms with Crippen molar-refractivity contribution in [2.45, 2.75) is 63.4 Å². The van der Waals surface area contributed by atoms with E-state index < -0.39 is 26.7 Å². The summed E-state index contributed by atoms with van der Waals surface area (Å²) in [5, 5.41) is 13.0. The van der Waals surface area contributed by atoms with Crippen molar-refractivity contribution in [3.63, 3.8) is 0 Å². The number of aliphatic hydroxyl groups is 2. The van der Waals surface area contributed by atoms with Crippen molar-refractivity contribution in [3.05, 3.63) is 0 Å². The number of quaternary nitrogens is 3. The second-order valence-electron chi connectivity index (χ2n) is 5.89. The molecule has 0 fully saturated rings. The Morgan fingerprint density at radius 1 is 0.793 bits per heavy atom. The molecule has 0 aliphatic rings. The van der Waals surface area contributed by atoms with E-state index in [1.165, 1.54) is 38.5 Å². The third-order valence-corrected chi connectivity index (χ3v) is 7.13. The van der Waals surface area contributed by atoms with Crippen molar-refractivity contribution >= 4 is 15.2 Å². The lowest BCUT2D eigenvalue weighted by molar-refractivity contribution is -0.370. The van der Waals surface area contributed by atoms with Gasteiger partial charge in [0, 0.05) is 6.61 Å². The average molecular weight is 475 g/mol. The van der Waals surface area contributed by atoms with Crippen molar-refractivity contribution < 1.29 is 67.1 Å². The Labute approximate surface area is 172 Å². The normalized spacial score (nSPS) is 14.4. The SMILES string of the molecule is CCO.O.O.[NH3+]CCCCCCCC[NH3+].[NH3+]CCC[C@](O)(P(=O)([O-])[O-])P(=O)([O-])O. The summed E-state index contributed by atoms with van der Waals surface area (Å²) >= 11 is 0. The van der Waals surface area contributed by atoms with Crippen LogP contribution in [-0.2, 0) is 9.13 Å². The van der Waals surface area contributed by atoms with Crippen LogP contribution in [0.3, 0.4) is 0 Å². The molecule has 15 heteroatoms. The van der Waals surface area contributed by atoms with Gasteiger partial charge >= 0.3 is 0 Å². The van der Waals surface area contributed by atoms with Crippen LogP contribution in [0.5, 0.6) is 0 Å². The maximum atomic E-state index is 10.5. The summed E-state index contributed by atoms with van der Waals surface area (Å²) in [6, 6.07) is 0. The number of rotatable bonds is 12. The molecule has 0 aromatic heterocycles. The molecule has 16 N–H and O–H groups in total. The highest BCUT2D eigenvalue weighted by Gasteiger charge is 2.40. The van der Waals surface area contributed by atoms with Gasteiger partial charge in [0.05, 0.1) is 19.6 Å². The van der Waals surface area contributed by atoms with E-state index in [4.69, 9.17) is 15.1 Å². The van der Waals surface area contributed by atoms with E-state index in [9.17, 15) is 23.8 Å². The Kier molecular flexibility index (Phi) is 30.9. The zero-order chi connectivity index (χ0) is 22.0. The summed E-state index contributed by atoms with van der Waals surface area (Å²) in [5.41, 5.74) is 10.9. The van der Waals surface area contributed by atoms with E-state index in [2.05, 4.69) is 17.2 Å². The third-order valence-electron chi connectivity index (χ3n) is 3.40. The molecule has 2 atom stereocenters. The molecular weight excluding hydrogens is 432 g/mol. The summed E-state index contributed by atoms with van der Waals surface area (Å²) < 4.78 is 21.0. The summed E-state index contributed by atoms with van der Waals surface area (Å²) in [4.78, 5) is 40.0. The second kappa shape index (κ2) is 22.7. The first-order valence-corrected chi connectivity index (χ1v) is 12.3. The van der Waals surface area contributed by atoms with Gasteiger partial charge in [-0.3, -0.25) is 0 Å². The first kappa shape index (κ1) is 39.5. The minimum Gasteiger partial charge on any atom is -0.808 e. The van der Waals surface area contributed by atoms with E-state index in [-0.39, 0.29) is 30.5 Å². The molecule has 0 spiro atoms. The molecule has 0 saturated heterocycles. The molecule has 0 amide bonds. The molecule has 13 nitrogen and oxygen atoms in total. The fourth-order valence-electron chi connectivity index (χ4n) is 1.86. The highest BCUT2D eigenvalue weighted by atomic mass is 31.2. The maximum Gasteiger partial charge on any atom is 0.168 e. The van der Waals surface area contributed by atoms with Crippen molar-refractivity contribution in [2.75, 3.05) is 26.2 Å². The van der Waals surface area contributed by atoms with Crippen LogP contribution < -0.4 is 31.9 Å². The molecule has 0 aliphatic carbocycles. The van der Waals surface area contributed by atoms with Gasteiger partial charge in [0.25, 0.3) is 0 Å². The highest BCUT2D eigenvalue weighted by molar-refractivity contribution is 7.70. The van der Waals surface area contributed by atoms with Gasteiger partial charge in [-0.15, -0.1) is 0 Å². The molecule has 0 saturated carbocycles. The molecule has 0 aromatic rings. The van der Waals surface area contributed by atoms with Gasteiger partial charge in [-0.2, -0.15) is 0 Å². The minimum atomic E-state index is -5.84. The largest absolute Gasteiger partial charge is 0.808 e. The summed E-state index contributed by atoms with van der Waals surface area (Å²) in [6.07, 6.45) is 7.18. The molecular formula is C14H43N3O10P2. The second-order valence-corrected chi connectivity index (χ2v) is 9.76. The third kappa shape index (κ3) is 21.1. The first-order valence-electron chi connectivity index (χ1n) is 9.16. The zero-order valence-electron chi connectivity index (χ0n) is 17.4. The van der Waals surface area contributed by atoms with Gasteiger partial charge in [0.15, 0.2) is 12.7 Å². The molecule has 29 heavy (non-hydrogen) atoms. The van der Waals surface area contributed by atoms with Crippen molar-refractivity contribution in [1.82, 2.24) is 0 Å². The Morgan fingerprint density at radius 2 is 1.07 bits per heavy atom. The highest BCUT2D eigenvalue weighted by Crippen LogP contribution is 2.63. The fourth-order valence-corrected chi connectivity index (χ4v) is 3.97. The summed E-state index contributed by atoms with van der Waals surface area (Å²) in [7, 11) is -11.5.